The molecule has 0 radical (unpaired) electrons. The fourth-order valence-electron chi connectivity index (χ4n) is 4.43. The topological polar surface area (TPSA) is 171 Å². The molecule has 3 heterocycles. The molecule has 10 atom stereocenters. The van der Waals surface area contributed by atoms with Crippen LogP contribution in [0.2, 0.25) is 0 Å². The molecule has 0 aromatic carbocycles. The van der Waals surface area contributed by atoms with Gasteiger partial charge in [0.15, 0.2) is 12.6 Å². The molecule has 3 rings (SSSR count). The van der Waals surface area contributed by atoms with E-state index in [1.54, 1.807) is 0 Å². The molecule has 3 aliphatic rings. The van der Waals surface area contributed by atoms with Gasteiger partial charge in [-0.05, 0) is 18.4 Å². The minimum Gasteiger partial charge on any atom is -0.459 e. The Hall–Kier alpha value is -1.54. The molecule has 200 valence electrons. The van der Waals surface area contributed by atoms with Crippen molar-refractivity contribution in [1.82, 2.24) is 0 Å². The summed E-state index contributed by atoms with van der Waals surface area (Å²) in [6.07, 6.45) is -5.01. The first-order valence-electron chi connectivity index (χ1n) is 12.3. The first-order chi connectivity index (χ1) is 16.9. The molecule has 3 saturated heterocycles. The lowest BCUT2D eigenvalue weighted by Gasteiger charge is -2.46. The minimum absolute atomic E-state index is 0.126. The van der Waals surface area contributed by atoms with Crippen LogP contribution in [0.5, 0.6) is 0 Å². The molecular weight excluding hydrogens is 466 g/mol. The van der Waals surface area contributed by atoms with E-state index in [2.05, 4.69) is 10.0 Å². The van der Waals surface area contributed by atoms with Gasteiger partial charge < -0.3 is 43.4 Å². The van der Waals surface area contributed by atoms with Crippen molar-refractivity contribution < 1.29 is 48.2 Å². The third-order valence-corrected chi connectivity index (χ3v) is 6.23. The summed E-state index contributed by atoms with van der Waals surface area (Å²) in [4.78, 5) is 14.7. The van der Waals surface area contributed by atoms with Crippen LogP contribution < -0.4 is 0 Å². The number of fused-ring (bicyclic) bond motifs is 2. The lowest BCUT2D eigenvalue weighted by molar-refractivity contribution is -0.342. The molecule has 0 saturated carbocycles. The Labute approximate surface area is 204 Å². The van der Waals surface area contributed by atoms with Gasteiger partial charge in [-0.25, -0.2) is 0 Å². The van der Waals surface area contributed by atoms with Gasteiger partial charge in [0.25, 0.3) is 0 Å². The summed E-state index contributed by atoms with van der Waals surface area (Å²) in [6.45, 7) is 5.70. The normalized spacial score (nSPS) is 38.7. The number of esters is 1. The molecule has 5 unspecified atom stereocenters. The van der Waals surface area contributed by atoms with Crippen LogP contribution in [0.25, 0.3) is 10.4 Å². The van der Waals surface area contributed by atoms with E-state index in [4.69, 9.17) is 38.7 Å². The summed E-state index contributed by atoms with van der Waals surface area (Å²) in [5, 5.41) is 24.4. The Kier molecular flexibility index (Phi) is 11.0. The van der Waals surface area contributed by atoms with Crippen molar-refractivity contribution in [3.63, 3.8) is 0 Å². The molecule has 13 nitrogen and oxygen atoms in total. The third kappa shape index (κ3) is 6.82. The Morgan fingerprint density at radius 1 is 1.09 bits per heavy atom. The first-order valence-corrected chi connectivity index (χ1v) is 12.3. The van der Waals surface area contributed by atoms with E-state index in [9.17, 15) is 15.0 Å². The van der Waals surface area contributed by atoms with E-state index in [1.807, 2.05) is 13.8 Å². The van der Waals surface area contributed by atoms with E-state index >= 15 is 0 Å². The SMILES string of the molecule is CCCCOC1C(OCCCC)[C@H](O)[C@H](CO)O[C@H]1O[C@@H]1C2CO[C@H](O2)C(N=[N+]=[N-])C1OC(C)=O. The van der Waals surface area contributed by atoms with Crippen LogP contribution in [-0.4, -0.2) is 104 Å². The van der Waals surface area contributed by atoms with Gasteiger partial charge in [-0.2, -0.15) is 0 Å². The van der Waals surface area contributed by atoms with Crippen LogP contribution in [0.4, 0.5) is 0 Å². The predicted octanol–water partition coefficient (Wildman–Crippen LogP) is 1.19. The predicted molar refractivity (Wildman–Crippen MR) is 119 cm³/mol. The molecule has 0 aliphatic carbocycles. The van der Waals surface area contributed by atoms with Crippen molar-refractivity contribution in [3.8, 4) is 0 Å². The Morgan fingerprint density at radius 2 is 1.77 bits per heavy atom. The number of unbranched alkanes of at least 4 members (excludes halogenated alkanes) is 2. The fraction of sp³-hybridized carbons (Fsp3) is 0.955. The number of rotatable bonds is 13. The molecule has 2 bridgehead atoms. The van der Waals surface area contributed by atoms with Gasteiger partial charge in [0, 0.05) is 25.0 Å². The second kappa shape index (κ2) is 13.7. The Balaban J connectivity index is 1.88. The first kappa shape index (κ1) is 28.0. The smallest absolute Gasteiger partial charge is 0.303 e. The quantitative estimate of drug-likeness (QED) is 0.122. The number of aliphatic hydroxyl groups is 2. The number of carbonyl (C=O) groups is 1. The van der Waals surface area contributed by atoms with Crippen molar-refractivity contribution in [3.05, 3.63) is 10.4 Å². The minimum atomic E-state index is -1.15. The Bertz CT molecular complexity index is 724. The van der Waals surface area contributed by atoms with Crippen LogP contribution in [0.1, 0.15) is 46.5 Å². The second-order valence-electron chi connectivity index (χ2n) is 8.84. The number of azide groups is 1. The molecule has 0 spiro atoms. The summed E-state index contributed by atoms with van der Waals surface area (Å²) in [6, 6.07) is -0.980. The molecule has 13 heteroatoms. The number of nitrogens with zero attached hydrogens (tertiary/aromatic N) is 3. The highest BCUT2D eigenvalue weighted by molar-refractivity contribution is 5.66. The summed E-state index contributed by atoms with van der Waals surface area (Å²) in [7, 11) is 0. The molecule has 35 heavy (non-hydrogen) atoms. The van der Waals surface area contributed by atoms with E-state index in [0.29, 0.717) is 13.2 Å². The van der Waals surface area contributed by atoms with Crippen LogP contribution in [0.3, 0.4) is 0 Å². The van der Waals surface area contributed by atoms with E-state index < -0.39 is 73.9 Å². The third-order valence-electron chi connectivity index (χ3n) is 6.23. The average molecular weight is 504 g/mol. The molecule has 0 aromatic heterocycles. The molecular formula is C22H37N3O10. The van der Waals surface area contributed by atoms with Crippen LogP contribution in [-0.2, 0) is 38.0 Å². The number of hydrogen-bond acceptors (Lipinski definition) is 11. The van der Waals surface area contributed by atoms with Gasteiger partial charge in [0.05, 0.1) is 13.2 Å². The van der Waals surface area contributed by atoms with Crippen molar-refractivity contribution in [2.75, 3.05) is 26.4 Å². The molecule has 0 aromatic rings. The maximum absolute atomic E-state index is 11.9. The highest BCUT2D eigenvalue weighted by Gasteiger charge is 2.56. The van der Waals surface area contributed by atoms with Crippen molar-refractivity contribution >= 4 is 5.97 Å². The fourth-order valence-corrected chi connectivity index (χ4v) is 4.43. The maximum atomic E-state index is 11.9. The zero-order valence-corrected chi connectivity index (χ0v) is 20.4. The number of hydrogen-bond donors (Lipinski definition) is 2. The molecule has 2 N–H and O–H groups in total. The van der Waals surface area contributed by atoms with E-state index in [-0.39, 0.29) is 6.61 Å². The lowest BCUT2D eigenvalue weighted by Crippen LogP contribution is -2.64. The number of ether oxygens (including phenoxy) is 7. The van der Waals surface area contributed by atoms with Gasteiger partial charge in [-0.3, -0.25) is 4.79 Å². The van der Waals surface area contributed by atoms with Crippen LogP contribution in [0.15, 0.2) is 5.11 Å². The highest BCUT2D eigenvalue weighted by Crippen LogP contribution is 2.37. The van der Waals surface area contributed by atoms with Gasteiger partial charge in [-0.15, -0.1) is 0 Å². The van der Waals surface area contributed by atoms with Gasteiger partial charge in [-0.1, -0.05) is 31.8 Å². The standard InChI is InChI=1S/C22H37N3O10/c1-4-6-8-29-19-16(28)13(10-26)33-22(20(19)30-9-7-5-2)35-17-14-11-31-21(34-14)15(24-25-23)18(17)32-12(3)27/h13-22,26,28H,4-11H2,1-3H3/t13-,14?,15?,16+,17+,18?,19?,20?,21+,22-/m0/s1. The molecule has 3 aliphatic heterocycles. The summed E-state index contributed by atoms with van der Waals surface area (Å²) >= 11 is 0. The van der Waals surface area contributed by atoms with Crippen LogP contribution in [0, 0.1) is 0 Å². The number of aliphatic hydroxyl groups excluding tert-OH is 2. The monoisotopic (exact) mass is 503 g/mol. The summed E-state index contributed by atoms with van der Waals surface area (Å²) in [5.41, 5.74) is 9.05. The maximum Gasteiger partial charge on any atom is 0.303 e. The molecule has 3 fully saturated rings. The van der Waals surface area contributed by atoms with E-state index in [1.165, 1.54) is 6.92 Å². The van der Waals surface area contributed by atoms with Gasteiger partial charge in [0.2, 0.25) is 0 Å². The Morgan fingerprint density at radius 3 is 2.37 bits per heavy atom. The van der Waals surface area contributed by atoms with Gasteiger partial charge in [0.1, 0.15) is 48.8 Å². The summed E-state index contributed by atoms with van der Waals surface area (Å²) in [5.74, 6) is -0.590. The van der Waals surface area contributed by atoms with E-state index in [0.717, 1.165) is 25.7 Å². The molecule has 0 amide bonds. The summed E-state index contributed by atoms with van der Waals surface area (Å²) < 4.78 is 41.2. The zero-order valence-electron chi connectivity index (χ0n) is 20.4. The highest BCUT2D eigenvalue weighted by atomic mass is 16.8. The lowest BCUT2D eigenvalue weighted by atomic mass is 9.96. The number of carbonyl (C=O) groups excluding carboxylic acids is 1. The van der Waals surface area contributed by atoms with Crippen molar-refractivity contribution in [2.24, 2.45) is 5.11 Å². The largest absolute Gasteiger partial charge is 0.459 e. The van der Waals surface area contributed by atoms with Gasteiger partial charge >= 0.3 is 5.97 Å². The zero-order chi connectivity index (χ0) is 25.4. The van der Waals surface area contributed by atoms with Crippen molar-refractivity contribution in [1.29, 1.82) is 0 Å². The second-order valence-corrected chi connectivity index (χ2v) is 8.84. The average Bonchev–Trinajstić information content (AvgIpc) is 3.27. The van der Waals surface area contributed by atoms with Crippen molar-refractivity contribution in [2.45, 2.75) is 108 Å². The van der Waals surface area contributed by atoms with Crippen LogP contribution >= 0.6 is 0 Å².